The van der Waals surface area contributed by atoms with Crippen LogP contribution in [0.15, 0.2) is 30.5 Å². The summed E-state index contributed by atoms with van der Waals surface area (Å²) in [6.07, 6.45) is 1.01. The SMILES string of the molecule is O=C(O)CC1CN(C(=O)COc2ccc(Cl)c3cccnc23)CCO1. The predicted molar refractivity (Wildman–Crippen MR) is 90.8 cm³/mol. The number of morpholine rings is 1. The second kappa shape index (κ2) is 7.67. The van der Waals surface area contributed by atoms with E-state index in [-0.39, 0.29) is 25.5 Å². The summed E-state index contributed by atoms with van der Waals surface area (Å²) in [6, 6.07) is 6.98. The number of amides is 1. The molecule has 1 unspecified atom stereocenters. The van der Waals surface area contributed by atoms with Crippen LogP contribution in [-0.2, 0) is 14.3 Å². The van der Waals surface area contributed by atoms with Gasteiger partial charge < -0.3 is 19.5 Å². The van der Waals surface area contributed by atoms with E-state index in [1.807, 2.05) is 6.07 Å². The number of aromatic nitrogens is 1. The highest BCUT2D eigenvalue weighted by molar-refractivity contribution is 6.35. The number of rotatable bonds is 5. The molecule has 3 rings (SSSR count). The third-order valence-electron chi connectivity index (χ3n) is 3.92. The number of hydrogen-bond acceptors (Lipinski definition) is 5. The predicted octanol–water partition coefficient (Wildman–Crippen LogP) is 1.97. The average Bonchev–Trinajstić information content (AvgIpc) is 2.61. The molecule has 0 aliphatic carbocycles. The summed E-state index contributed by atoms with van der Waals surface area (Å²) in [5, 5.41) is 10.2. The van der Waals surface area contributed by atoms with Crippen LogP contribution in [-0.4, -0.2) is 59.3 Å². The van der Waals surface area contributed by atoms with E-state index in [1.165, 1.54) is 0 Å². The maximum absolute atomic E-state index is 12.4. The van der Waals surface area contributed by atoms with Gasteiger partial charge in [-0.2, -0.15) is 0 Å². The molecular weight excluding hydrogens is 348 g/mol. The standard InChI is InChI=1S/C17H17ClN2O5/c18-13-3-4-14(17-12(13)2-1-5-19-17)25-10-15(21)20-6-7-24-11(9-20)8-16(22)23/h1-5,11H,6-10H2,(H,22,23). The van der Waals surface area contributed by atoms with Gasteiger partial charge >= 0.3 is 5.97 Å². The summed E-state index contributed by atoms with van der Waals surface area (Å²) in [7, 11) is 0. The lowest BCUT2D eigenvalue weighted by molar-refractivity contribution is -0.148. The van der Waals surface area contributed by atoms with Crippen molar-refractivity contribution in [1.82, 2.24) is 9.88 Å². The van der Waals surface area contributed by atoms with E-state index in [9.17, 15) is 9.59 Å². The number of carboxylic acid groups (broad SMARTS) is 1. The lowest BCUT2D eigenvalue weighted by atomic mass is 10.2. The fourth-order valence-corrected chi connectivity index (χ4v) is 2.94. The number of carboxylic acids is 1. The Morgan fingerprint density at radius 3 is 3.04 bits per heavy atom. The summed E-state index contributed by atoms with van der Waals surface area (Å²) in [4.78, 5) is 29.0. The van der Waals surface area contributed by atoms with E-state index in [4.69, 9.17) is 26.2 Å². The number of hydrogen-bond donors (Lipinski definition) is 1. The Morgan fingerprint density at radius 1 is 1.40 bits per heavy atom. The van der Waals surface area contributed by atoms with Gasteiger partial charge in [-0.15, -0.1) is 0 Å². The molecule has 1 fully saturated rings. The van der Waals surface area contributed by atoms with Crippen LogP contribution in [0.3, 0.4) is 0 Å². The van der Waals surface area contributed by atoms with E-state index in [2.05, 4.69) is 4.98 Å². The minimum absolute atomic E-state index is 0.129. The van der Waals surface area contributed by atoms with Crippen LogP contribution in [0, 0.1) is 0 Å². The number of pyridine rings is 1. The molecule has 2 aromatic rings. The van der Waals surface area contributed by atoms with Crippen molar-refractivity contribution in [2.24, 2.45) is 0 Å². The number of halogens is 1. The molecule has 0 spiro atoms. The van der Waals surface area contributed by atoms with Crippen LogP contribution < -0.4 is 4.74 Å². The van der Waals surface area contributed by atoms with E-state index in [0.29, 0.717) is 29.4 Å². The minimum Gasteiger partial charge on any atom is -0.481 e. The Bertz CT molecular complexity index is 798. The van der Waals surface area contributed by atoms with Crippen molar-refractivity contribution in [2.45, 2.75) is 12.5 Å². The van der Waals surface area contributed by atoms with Crippen LogP contribution in [0.1, 0.15) is 6.42 Å². The average molecular weight is 365 g/mol. The second-order valence-electron chi connectivity index (χ2n) is 5.66. The Morgan fingerprint density at radius 2 is 2.24 bits per heavy atom. The normalized spacial score (nSPS) is 17.5. The lowest BCUT2D eigenvalue weighted by Crippen LogP contribution is -2.47. The summed E-state index contributed by atoms with van der Waals surface area (Å²) >= 11 is 6.14. The Hall–Kier alpha value is -2.38. The largest absolute Gasteiger partial charge is 0.481 e. The molecule has 1 atom stereocenters. The second-order valence-corrected chi connectivity index (χ2v) is 6.07. The van der Waals surface area contributed by atoms with Gasteiger partial charge in [0.1, 0.15) is 11.3 Å². The van der Waals surface area contributed by atoms with Crippen molar-refractivity contribution in [1.29, 1.82) is 0 Å². The summed E-state index contributed by atoms with van der Waals surface area (Å²) < 4.78 is 11.0. The molecule has 1 aliphatic heterocycles. The van der Waals surface area contributed by atoms with Crippen molar-refractivity contribution >= 4 is 34.4 Å². The van der Waals surface area contributed by atoms with Crippen molar-refractivity contribution in [3.63, 3.8) is 0 Å². The Kier molecular flexibility index (Phi) is 5.35. The molecule has 0 saturated carbocycles. The molecule has 1 saturated heterocycles. The highest BCUT2D eigenvalue weighted by Crippen LogP contribution is 2.29. The number of nitrogens with zero attached hydrogens (tertiary/aromatic N) is 2. The molecule has 1 amide bonds. The molecule has 8 heteroatoms. The first-order valence-electron chi connectivity index (χ1n) is 7.82. The van der Waals surface area contributed by atoms with E-state index < -0.39 is 12.1 Å². The molecule has 0 radical (unpaired) electrons. The molecule has 132 valence electrons. The van der Waals surface area contributed by atoms with Crippen LogP contribution in [0.4, 0.5) is 0 Å². The third-order valence-corrected chi connectivity index (χ3v) is 4.25. The maximum atomic E-state index is 12.4. The summed E-state index contributed by atoms with van der Waals surface area (Å²) in [5.74, 6) is -0.698. The van der Waals surface area contributed by atoms with Gasteiger partial charge in [0.2, 0.25) is 0 Å². The number of carbonyl (C=O) groups is 2. The Balaban J connectivity index is 1.65. The molecule has 2 heterocycles. The zero-order valence-electron chi connectivity index (χ0n) is 13.4. The molecule has 7 nitrogen and oxygen atoms in total. The lowest BCUT2D eigenvalue weighted by Gasteiger charge is -2.32. The number of aliphatic carboxylic acids is 1. The van der Waals surface area contributed by atoms with Crippen molar-refractivity contribution in [2.75, 3.05) is 26.3 Å². The molecule has 1 aromatic heterocycles. The maximum Gasteiger partial charge on any atom is 0.306 e. The fraction of sp³-hybridized carbons (Fsp3) is 0.353. The molecule has 25 heavy (non-hydrogen) atoms. The van der Waals surface area contributed by atoms with E-state index in [0.717, 1.165) is 5.39 Å². The first-order chi connectivity index (χ1) is 12.0. The first kappa shape index (κ1) is 17.4. The van der Waals surface area contributed by atoms with Crippen LogP contribution in [0.25, 0.3) is 10.9 Å². The molecular formula is C17H17ClN2O5. The summed E-state index contributed by atoms with van der Waals surface area (Å²) in [5.41, 5.74) is 0.591. The van der Waals surface area contributed by atoms with Crippen LogP contribution >= 0.6 is 11.6 Å². The van der Waals surface area contributed by atoms with Crippen LogP contribution in [0.5, 0.6) is 5.75 Å². The number of ether oxygens (including phenoxy) is 2. The van der Waals surface area contributed by atoms with Gasteiger partial charge in [-0.1, -0.05) is 11.6 Å². The Labute approximate surface area is 149 Å². The van der Waals surface area contributed by atoms with E-state index in [1.54, 1.807) is 29.3 Å². The number of carbonyl (C=O) groups excluding carboxylic acids is 1. The fourth-order valence-electron chi connectivity index (χ4n) is 2.72. The van der Waals surface area contributed by atoms with Gasteiger partial charge in [0.15, 0.2) is 6.61 Å². The number of fused-ring (bicyclic) bond motifs is 1. The minimum atomic E-state index is -0.950. The van der Waals surface area contributed by atoms with Crippen molar-refractivity contribution in [3.8, 4) is 5.75 Å². The number of benzene rings is 1. The van der Waals surface area contributed by atoms with Gasteiger partial charge in [-0.05, 0) is 24.3 Å². The zero-order valence-corrected chi connectivity index (χ0v) is 14.1. The molecule has 1 aliphatic rings. The highest BCUT2D eigenvalue weighted by Gasteiger charge is 2.26. The van der Waals surface area contributed by atoms with Gasteiger partial charge in [-0.25, -0.2) is 0 Å². The first-order valence-corrected chi connectivity index (χ1v) is 8.19. The highest BCUT2D eigenvalue weighted by atomic mass is 35.5. The van der Waals surface area contributed by atoms with Gasteiger partial charge in [-0.3, -0.25) is 14.6 Å². The van der Waals surface area contributed by atoms with E-state index >= 15 is 0 Å². The van der Waals surface area contributed by atoms with Gasteiger partial charge in [0, 0.05) is 24.7 Å². The molecule has 1 N–H and O–H groups in total. The monoisotopic (exact) mass is 364 g/mol. The third kappa shape index (κ3) is 4.18. The van der Waals surface area contributed by atoms with Crippen molar-refractivity contribution < 1.29 is 24.2 Å². The smallest absolute Gasteiger partial charge is 0.306 e. The van der Waals surface area contributed by atoms with Gasteiger partial charge in [0.25, 0.3) is 5.91 Å². The quantitative estimate of drug-likeness (QED) is 0.872. The topological polar surface area (TPSA) is 89.0 Å². The van der Waals surface area contributed by atoms with Crippen molar-refractivity contribution in [3.05, 3.63) is 35.5 Å². The van der Waals surface area contributed by atoms with Crippen LogP contribution in [0.2, 0.25) is 5.02 Å². The molecule has 0 bridgehead atoms. The zero-order chi connectivity index (χ0) is 17.8. The molecule has 1 aromatic carbocycles. The summed E-state index contributed by atoms with van der Waals surface area (Å²) in [6.45, 7) is 0.814. The van der Waals surface area contributed by atoms with Gasteiger partial charge in [0.05, 0.1) is 24.2 Å².